The summed E-state index contributed by atoms with van der Waals surface area (Å²) in [6.07, 6.45) is -2.64. The van der Waals surface area contributed by atoms with Crippen molar-refractivity contribution in [2.45, 2.75) is 19.8 Å². The third-order valence-electron chi connectivity index (χ3n) is 1.93. The van der Waals surface area contributed by atoms with Crippen LogP contribution in [-0.2, 0) is 16.0 Å². The smallest absolute Gasteiger partial charge is 0.310 e. The molecule has 1 aromatic rings. The molecule has 0 fully saturated rings. The Morgan fingerprint density at radius 2 is 2.24 bits per heavy atom. The molecule has 0 N–H and O–H groups in total. The lowest BCUT2D eigenvalue weighted by Gasteiger charge is -2.10. The summed E-state index contributed by atoms with van der Waals surface area (Å²) in [6.45, 7) is 1.72. The number of carbonyl (C=O) groups is 1. The van der Waals surface area contributed by atoms with E-state index >= 15 is 0 Å². The number of alkyl halides is 2. The minimum atomic E-state index is -2.88. The SMILES string of the molecule is CCOC(=O)Cc1c(C(F)F)ncc(F)c1Br. The fraction of sp³-hybridized carbons (Fsp3) is 0.400. The number of ether oxygens (including phenoxy) is 1. The quantitative estimate of drug-likeness (QED) is 0.802. The Bertz CT molecular complexity index is 426. The van der Waals surface area contributed by atoms with Crippen LogP contribution < -0.4 is 0 Å². The molecule has 0 aliphatic heterocycles. The van der Waals surface area contributed by atoms with Gasteiger partial charge in [0.2, 0.25) is 0 Å². The monoisotopic (exact) mass is 311 g/mol. The standard InChI is InChI=1S/C10H9BrF3NO2/c1-2-17-7(16)3-5-8(11)6(12)4-15-9(5)10(13)14/h4,10H,2-3H2,1H3. The van der Waals surface area contributed by atoms with Crippen LogP contribution in [0.1, 0.15) is 24.6 Å². The molecule has 0 atom stereocenters. The van der Waals surface area contributed by atoms with Crippen molar-refractivity contribution in [2.75, 3.05) is 6.61 Å². The normalized spacial score (nSPS) is 10.7. The van der Waals surface area contributed by atoms with E-state index in [1.807, 2.05) is 0 Å². The van der Waals surface area contributed by atoms with Crippen LogP contribution in [0.25, 0.3) is 0 Å². The molecule has 3 nitrogen and oxygen atoms in total. The molecule has 0 amide bonds. The predicted molar refractivity (Wildman–Crippen MR) is 57.2 cm³/mol. The maximum absolute atomic E-state index is 13.2. The maximum Gasteiger partial charge on any atom is 0.310 e. The Morgan fingerprint density at radius 1 is 1.59 bits per heavy atom. The highest BCUT2D eigenvalue weighted by Crippen LogP contribution is 2.29. The van der Waals surface area contributed by atoms with Crippen molar-refractivity contribution < 1.29 is 22.7 Å². The van der Waals surface area contributed by atoms with E-state index in [1.165, 1.54) is 0 Å². The lowest BCUT2D eigenvalue weighted by Crippen LogP contribution is -2.12. The number of hydrogen-bond donors (Lipinski definition) is 0. The number of hydrogen-bond acceptors (Lipinski definition) is 3. The van der Waals surface area contributed by atoms with Gasteiger partial charge in [0.1, 0.15) is 5.69 Å². The Hall–Kier alpha value is -1.11. The van der Waals surface area contributed by atoms with Gasteiger partial charge < -0.3 is 4.74 Å². The first-order valence-electron chi connectivity index (χ1n) is 4.73. The molecule has 94 valence electrons. The summed E-state index contributed by atoms with van der Waals surface area (Å²) in [6, 6.07) is 0. The van der Waals surface area contributed by atoms with Gasteiger partial charge in [-0.25, -0.2) is 13.2 Å². The van der Waals surface area contributed by atoms with Crippen molar-refractivity contribution in [1.82, 2.24) is 4.98 Å². The molecule has 7 heteroatoms. The second-order valence-electron chi connectivity index (χ2n) is 3.07. The summed E-state index contributed by atoms with van der Waals surface area (Å²) in [4.78, 5) is 14.5. The van der Waals surface area contributed by atoms with Crippen LogP contribution in [0.5, 0.6) is 0 Å². The van der Waals surface area contributed by atoms with Gasteiger partial charge in [-0.3, -0.25) is 9.78 Å². The molecule has 0 unspecified atom stereocenters. The lowest BCUT2D eigenvalue weighted by atomic mass is 10.1. The summed E-state index contributed by atoms with van der Waals surface area (Å²) >= 11 is 2.82. The summed E-state index contributed by atoms with van der Waals surface area (Å²) < 4.78 is 42.8. The van der Waals surface area contributed by atoms with Crippen LogP contribution in [0.4, 0.5) is 13.2 Å². The van der Waals surface area contributed by atoms with Crippen LogP contribution in [0.2, 0.25) is 0 Å². The van der Waals surface area contributed by atoms with Gasteiger partial charge in [-0.2, -0.15) is 0 Å². The van der Waals surface area contributed by atoms with Gasteiger partial charge in [0.05, 0.1) is 23.7 Å². The molecular weight excluding hydrogens is 303 g/mol. The first kappa shape index (κ1) is 14.0. The minimum absolute atomic E-state index is 0.128. The van der Waals surface area contributed by atoms with Gasteiger partial charge in [0, 0.05) is 5.56 Å². The topological polar surface area (TPSA) is 39.2 Å². The molecule has 17 heavy (non-hydrogen) atoms. The zero-order chi connectivity index (χ0) is 13.0. The second kappa shape index (κ2) is 6.00. The molecule has 0 radical (unpaired) electrons. The Morgan fingerprint density at radius 3 is 2.76 bits per heavy atom. The largest absolute Gasteiger partial charge is 0.466 e. The number of pyridine rings is 1. The molecule has 0 aliphatic carbocycles. The predicted octanol–water partition coefficient (Wildman–Crippen LogP) is 3.03. The molecule has 1 rings (SSSR count). The van der Waals surface area contributed by atoms with E-state index in [4.69, 9.17) is 0 Å². The first-order valence-corrected chi connectivity index (χ1v) is 5.53. The summed E-state index contributed by atoms with van der Waals surface area (Å²) in [7, 11) is 0. The average molecular weight is 312 g/mol. The zero-order valence-corrected chi connectivity index (χ0v) is 10.4. The number of esters is 1. The zero-order valence-electron chi connectivity index (χ0n) is 8.84. The Kier molecular flexibility index (Phi) is 4.92. The first-order chi connectivity index (χ1) is 7.97. The summed E-state index contributed by atoms with van der Waals surface area (Å²) in [5, 5.41) is 0. The Labute approximate surface area is 104 Å². The van der Waals surface area contributed by atoms with Crippen molar-refractivity contribution in [3.05, 3.63) is 27.7 Å². The molecule has 0 spiro atoms. The van der Waals surface area contributed by atoms with Gasteiger partial charge >= 0.3 is 5.97 Å². The van der Waals surface area contributed by atoms with Crippen molar-refractivity contribution >= 4 is 21.9 Å². The van der Waals surface area contributed by atoms with E-state index in [2.05, 4.69) is 25.7 Å². The molecule has 0 aliphatic rings. The van der Waals surface area contributed by atoms with Gasteiger partial charge in [-0.1, -0.05) is 0 Å². The highest BCUT2D eigenvalue weighted by Gasteiger charge is 2.22. The van der Waals surface area contributed by atoms with E-state index < -0.39 is 30.3 Å². The van der Waals surface area contributed by atoms with Crippen molar-refractivity contribution in [1.29, 1.82) is 0 Å². The molecule has 0 saturated heterocycles. The highest BCUT2D eigenvalue weighted by atomic mass is 79.9. The van der Waals surface area contributed by atoms with Gasteiger partial charge in [0.15, 0.2) is 5.82 Å². The van der Waals surface area contributed by atoms with Crippen LogP contribution in [-0.4, -0.2) is 17.6 Å². The van der Waals surface area contributed by atoms with Crippen LogP contribution >= 0.6 is 15.9 Å². The Balaban J connectivity index is 3.10. The number of rotatable bonds is 4. The van der Waals surface area contributed by atoms with Crippen molar-refractivity contribution in [3.8, 4) is 0 Å². The number of nitrogens with zero attached hydrogens (tertiary/aromatic N) is 1. The van der Waals surface area contributed by atoms with Crippen LogP contribution in [0.15, 0.2) is 10.7 Å². The third kappa shape index (κ3) is 3.42. The molecule has 0 aromatic carbocycles. The number of carbonyl (C=O) groups excluding carboxylic acids is 1. The average Bonchev–Trinajstić information content (AvgIpc) is 2.25. The van der Waals surface area contributed by atoms with E-state index in [1.54, 1.807) is 6.92 Å². The van der Waals surface area contributed by atoms with Gasteiger partial charge in [-0.05, 0) is 22.9 Å². The number of halogens is 4. The molecule has 0 saturated carbocycles. The fourth-order valence-corrected chi connectivity index (χ4v) is 1.68. The van der Waals surface area contributed by atoms with Gasteiger partial charge in [0.25, 0.3) is 6.43 Å². The van der Waals surface area contributed by atoms with E-state index in [9.17, 15) is 18.0 Å². The van der Waals surface area contributed by atoms with Crippen molar-refractivity contribution in [3.63, 3.8) is 0 Å². The lowest BCUT2D eigenvalue weighted by molar-refractivity contribution is -0.142. The van der Waals surface area contributed by atoms with E-state index in [0.29, 0.717) is 6.20 Å². The second-order valence-corrected chi connectivity index (χ2v) is 3.86. The molecule has 1 aromatic heterocycles. The maximum atomic E-state index is 13.2. The molecular formula is C10H9BrF3NO2. The van der Waals surface area contributed by atoms with Crippen molar-refractivity contribution in [2.24, 2.45) is 0 Å². The van der Waals surface area contributed by atoms with E-state index in [-0.39, 0.29) is 16.6 Å². The minimum Gasteiger partial charge on any atom is -0.466 e. The fourth-order valence-electron chi connectivity index (χ4n) is 1.23. The molecule has 1 heterocycles. The summed E-state index contributed by atoms with van der Waals surface area (Å²) in [5.41, 5.74) is -0.801. The summed E-state index contributed by atoms with van der Waals surface area (Å²) in [5.74, 6) is -1.50. The number of aromatic nitrogens is 1. The highest BCUT2D eigenvalue weighted by molar-refractivity contribution is 9.10. The molecule has 0 bridgehead atoms. The van der Waals surface area contributed by atoms with Crippen LogP contribution in [0.3, 0.4) is 0 Å². The third-order valence-corrected chi connectivity index (χ3v) is 2.79. The van der Waals surface area contributed by atoms with E-state index in [0.717, 1.165) is 0 Å². The van der Waals surface area contributed by atoms with Crippen LogP contribution in [0, 0.1) is 5.82 Å². The van der Waals surface area contributed by atoms with Gasteiger partial charge in [-0.15, -0.1) is 0 Å².